The molecule has 0 aliphatic rings. The number of esters is 1. The Hall–Kier alpha value is -1.52. The van der Waals surface area contributed by atoms with Gasteiger partial charge in [-0.25, -0.2) is 9.59 Å². The van der Waals surface area contributed by atoms with Gasteiger partial charge in [-0.2, -0.15) is 0 Å². The number of unbranched alkanes of at least 4 members (excludes halogenated alkanes) is 1. The Morgan fingerprint density at radius 2 is 1.65 bits per heavy atom. The second-order valence-corrected chi connectivity index (χ2v) is 4.39. The molecule has 0 amide bonds. The van der Waals surface area contributed by atoms with Gasteiger partial charge >= 0.3 is 12.1 Å². The summed E-state index contributed by atoms with van der Waals surface area (Å²) in [7, 11) is 0. The fraction of sp³-hybridized carbons (Fsp3) is 0.667. The number of hydrogen-bond acceptors (Lipinski definition) is 5. The summed E-state index contributed by atoms with van der Waals surface area (Å²) in [6.45, 7) is 9.12. The molecule has 0 unspecified atom stereocenters. The van der Waals surface area contributed by atoms with Crippen LogP contribution in [0.5, 0.6) is 0 Å². The maximum Gasteiger partial charge on any atom is 0.508 e. The second-order valence-electron chi connectivity index (χ2n) is 4.39. The molecule has 0 aromatic heterocycles. The van der Waals surface area contributed by atoms with Crippen LogP contribution in [0.1, 0.15) is 33.6 Å². The normalized spacial score (nSPS) is 10.5. The van der Waals surface area contributed by atoms with E-state index in [4.69, 9.17) is 14.2 Å². The third-order valence-corrected chi connectivity index (χ3v) is 1.56. The van der Waals surface area contributed by atoms with E-state index in [1.807, 2.05) is 0 Å². The lowest BCUT2D eigenvalue weighted by Gasteiger charge is -2.18. The molecule has 0 N–H and O–H groups in total. The smallest absolute Gasteiger partial charge is 0.463 e. The molecule has 0 bridgehead atoms. The first-order valence-electron chi connectivity index (χ1n) is 5.50. The molecule has 0 rings (SSSR count). The van der Waals surface area contributed by atoms with Gasteiger partial charge in [-0.05, 0) is 33.6 Å². The first-order valence-corrected chi connectivity index (χ1v) is 5.50. The molecule has 0 spiro atoms. The molecule has 0 aromatic carbocycles. The Morgan fingerprint density at radius 1 is 1.12 bits per heavy atom. The zero-order valence-electron chi connectivity index (χ0n) is 10.7. The fourth-order valence-electron chi connectivity index (χ4n) is 0.871. The van der Waals surface area contributed by atoms with E-state index in [0.717, 1.165) is 6.08 Å². The van der Waals surface area contributed by atoms with Crippen molar-refractivity contribution in [3.63, 3.8) is 0 Å². The molecule has 0 fully saturated rings. The third-order valence-electron chi connectivity index (χ3n) is 1.56. The van der Waals surface area contributed by atoms with Crippen molar-refractivity contribution in [2.45, 2.75) is 39.2 Å². The van der Waals surface area contributed by atoms with Gasteiger partial charge in [0, 0.05) is 6.08 Å². The van der Waals surface area contributed by atoms with Gasteiger partial charge in [0.1, 0.15) is 5.60 Å². The van der Waals surface area contributed by atoms with Crippen LogP contribution in [-0.4, -0.2) is 30.9 Å². The molecule has 5 heteroatoms. The van der Waals surface area contributed by atoms with Crippen molar-refractivity contribution < 1.29 is 23.8 Å². The third kappa shape index (κ3) is 10.8. The Bertz CT molecular complexity index is 265. The molecule has 0 radical (unpaired) electrons. The van der Waals surface area contributed by atoms with Crippen molar-refractivity contribution in [2.75, 3.05) is 13.2 Å². The van der Waals surface area contributed by atoms with Crippen LogP contribution in [0.3, 0.4) is 0 Å². The quantitative estimate of drug-likeness (QED) is 0.408. The number of carbonyl (C=O) groups excluding carboxylic acids is 2. The minimum atomic E-state index is -0.680. The summed E-state index contributed by atoms with van der Waals surface area (Å²) in [4.78, 5) is 21.8. The summed E-state index contributed by atoms with van der Waals surface area (Å²) in [5.41, 5.74) is -0.545. The van der Waals surface area contributed by atoms with E-state index in [-0.39, 0.29) is 6.61 Å². The molecule has 0 heterocycles. The Balaban J connectivity index is 3.43. The van der Waals surface area contributed by atoms with Gasteiger partial charge in [-0.1, -0.05) is 6.58 Å². The van der Waals surface area contributed by atoms with Crippen molar-refractivity contribution >= 4 is 12.1 Å². The van der Waals surface area contributed by atoms with Crippen LogP contribution >= 0.6 is 0 Å². The maximum absolute atomic E-state index is 11.1. The van der Waals surface area contributed by atoms with E-state index in [0.29, 0.717) is 19.4 Å². The Morgan fingerprint density at radius 3 is 2.12 bits per heavy atom. The predicted molar refractivity (Wildman–Crippen MR) is 62.6 cm³/mol. The van der Waals surface area contributed by atoms with Crippen LogP contribution in [0.25, 0.3) is 0 Å². The van der Waals surface area contributed by atoms with E-state index < -0.39 is 17.7 Å². The van der Waals surface area contributed by atoms with E-state index in [2.05, 4.69) is 6.58 Å². The zero-order valence-corrected chi connectivity index (χ0v) is 10.7. The monoisotopic (exact) mass is 244 g/mol. The van der Waals surface area contributed by atoms with Crippen LogP contribution in [0, 0.1) is 0 Å². The number of hydrogen-bond donors (Lipinski definition) is 0. The van der Waals surface area contributed by atoms with Crippen molar-refractivity contribution in [3.8, 4) is 0 Å². The van der Waals surface area contributed by atoms with Crippen molar-refractivity contribution in [1.29, 1.82) is 0 Å². The lowest BCUT2D eigenvalue weighted by Crippen LogP contribution is -2.24. The number of rotatable bonds is 6. The average molecular weight is 244 g/mol. The molecular formula is C12H20O5. The summed E-state index contributed by atoms with van der Waals surface area (Å²) in [5.74, 6) is -0.446. The van der Waals surface area contributed by atoms with Crippen LogP contribution in [0.4, 0.5) is 4.79 Å². The first kappa shape index (κ1) is 15.5. The summed E-state index contributed by atoms with van der Waals surface area (Å²) < 4.78 is 14.5. The van der Waals surface area contributed by atoms with Crippen molar-refractivity contribution in [2.24, 2.45) is 0 Å². The fourth-order valence-corrected chi connectivity index (χ4v) is 0.871. The molecule has 0 aliphatic carbocycles. The average Bonchev–Trinajstić information content (AvgIpc) is 2.20. The predicted octanol–water partition coefficient (Wildman–Crippen LogP) is 2.45. The van der Waals surface area contributed by atoms with E-state index in [1.54, 1.807) is 20.8 Å². The van der Waals surface area contributed by atoms with Crippen LogP contribution in [-0.2, 0) is 19.0 Å². The van der Waals surface area contributed by atoms with Crippen LogP contribution in [0.15, 0.2) is 12.7 Å². The summed E-state index contributed by atoms with van der Waals surface area (Å²) in [5, 5.41) is 0. The first-order chi connectivity index (χ1) is 7.85. The summed E-state index contributed by atoms with van der Waals surface area (Å²) in [6, 6.07) is 0. The Labute approximate surface area is 102 Å². The standard InChI is InChI=1S/C12H20O5/c1-5-10(13)15-8-6-7-9-16-11(14)17-12(2,3)4/h5H,1,6-9H2,2-4H3. The van der Waals surface area contributed by atoms with E-state index >= 15 is 0 Å². The van der Waals surface area contributed by atoms with Gasteiger partial charge in [0.15, 0.2) is 0 Å². The molecule has 98 valence electrons. The largest absolute Gasteiger partial charge is 0.508 e. The lowest BCUT2D eigenvalue weighted by atomic mass is 10.2. The molecule has 0 aliphatic heterocycles. The Kier molecular flexibility index (Phi) is 7.02. The summed E-state index contributed by atoms with van der Waals surface area (Å²) in [6.07, 6.45) is 1.67. The van der Waals surface area contributed by atoms with Gasteiger partial charge in [0.2, 0.25) is 0 Å². The number of carbonyl (C=O) groups is 2. The molecule has 5 nitrogen and oxygen atoms in total. The highest BCUT2D eigenvalue weighted by molar-refractivity contribution is 5.81. The highest BCUT2D eigenvalue weighted by atomic mass is 16.7. The molecular weight excluding hydrogens is 224 g/mol. The second kappa shape index (κ2) is 7.70. The van der Waals surface area contributed by atoms with Gasteiger partial charge in [-0.15, -0.1) is 0 Å². The van der Waals surface area contributed by atoms with Gasteiger partial charge < -0.3 is 14.2 Å². The topological polar surface area (TPSA) is 61.8 Å². The van der Waals surface area contributed by atoms with E-state index in [1.165, 1.54) is 0 Å². The minimum absolute atomic E-state index is 0.251. The van der Waals surface area contributed by atoms with E-state index in [9.17, 15) is 9.59 Å². The van der Waals surface area contributed by atoms with Crippen molar-refractivity contribution in [1.82, 2.24) is 0 Å². The zero-order chi connectivity index (χ0) is 13.3. The van der Waals surface area contributed by atoms with Gasteiger partial charge in [-0.3, -0.25) is 0 Å². The van der Waals surface area contributed by atoms with Crippen LogP contribution < -0.4 is 0 Å². The van der Waals surface area contributed by atoms with Gasteiger partial charge in [0.05, 0.1) is 13.2 Å². The molecule has 0 atom stereocenters. The molecule has 17 heavy (non-hydrogen) atoms. The summed E-state index contributed by atoms with van der Waals surface area (Å²) >= 11 is 0. The van der Waals surface area contributed by atoms with Crippen molar-refractivity contribution in [3.05, 3.63) is 12.7 Å². The highest BCUT2D eigenvalue weighted by Crippen LogP contribution is 2.08. The van der Waals surface area contributed by atoms with Crippen LogP contribution in [0.2, 0.25) is 0 Å². The minimum Gasteiger partial charge on any atom is -0.463 e. The lowest BCUT2D eigenvalue weighted by molar-refractivity contribution is -0.137. The maximum atomic E-state index is 11.1. The molecule has 0 aromatic rings. The number of ether oxygens (including phenoxy) is 3. The molecule has 0 saturated heterocycles. The highest BCUT2D eigenvalue weighted by Gasteiger charge is 2.16. The molecule has 0 saturated carbocycles. The van der Waals surface area contributed by atoms with Gasteiger partial charge in [0.25, 0.3) is 0 Å². The SMILES string of the molecule is C=CC(=O)OCCCCOC(=O)OC(C)(C)C.